The van der Waals surface area contributed by atoms with Gasteiger partial charge in [0.2, 0.25) is 0 Å². The summed E-state index contributed by atoms with van der Waals surface area (Å²) in [5.74, 6) is 0.0201. The first-order chi connectivity index (χ1) is 12.0. The molecule has 0 aliphatic heterocycles. The summed E-state index contributed by atoms with van der Waals surface area (Å²) < 4.78 is 6.52. The molecule has 0 unspecified atom stereocenters. The number of carbonyl (C=O) groups excluding carboxylic acids is 2. The fraction of sp³-hybridized carbons (Fsp3) is 0.263. The van der Waals surface area contributed by atoms with Crippen molar-refractivity contribution in [2.45, 2.75) is 13.8 Å². The van der Waals surface area contributed by atoms with Crippen molar-refractivity contribution in [3.63, 3.8) is 0 Å². The molecule has 0 saturated carbocycles. The highest BCUT2D eigenvalue weighted by Gasteiger charge is 2.17. The molecule has 2 rings (SSSR count). The molecule has 132 valence electrons. The molecule has 0 atom stereocenters. The first kappa shape index (κ1) is 19.0. The third kappa shape index (κ3) is 5.32. The van der Waals surface area contributed by atoms with Crippen molar-refractivity contribution in [1.82, 2.24) is 4.90 Å². The van der Waals surface area contributed by atoms with Gasteiger partial charge >= 0.3 is 0 Å². The first-order valence-corrected chi connectivity index (χ1v) is 8.91. The summed E-state index contributed by atoms with van der Waals surface area (Å²) in [6.45, 7) is 4.92. The van der Waals surface area contributed by atoms with Gasteiger partial charge in [-0.15, -0.1) is 0 Å². The predicted octanol–water partition coefficient (Wildman–Crippen LogP) is 3.95. The number of anilines is 1. The van der Waals surface area contributed by atoms with Crippen LogP contribution in [0.1, 0.15) is 24.2 Å². The molecule has 0 spiro atoms. The third-order valence-electron chi connectivity index (χ3n) is 3.65. The SMILES string of the molecule is CCN(CC)C(=O)c1ccccc1OCC(=O)Nc1ccc(Br)cc1. The Hall–Kier alpha value is -2.34. The molecule has 2 amide bonds. The maximum absolute atomic E-state index is 12.5. The summed E-state index contributed by atoms with van der Waals surface area (Å²) in [5, 5.41) is 2.75. The van der Waals surface area contributed by atoms with E-state index in [1.165, 1.54) is 0 Å². The van der Waals surface area contributed by atoms with E-state index in [0.29, 0.717) is 30.1 Å². The normalized spacial score (nSPS) is 10.2. The van der Waals surface area contributed by atoms with Gasteiger partial charge in [-0.2, -0.15) is 0 Å². The number of halogens is 1. The molecule has 0 aromatic heterocycles. The van der Waals surface area contributed by atoms with Gasteiger partial charge in [0.25, 0.3) is 11.8 Å². The predicted molar refractivity (Wildman–Crippen MR) is 102 cm³/mol. The van der Waals surface area contributed by atoms with Gasteiger partial charge in [-0.05, 0) is 50.2 Å². The molecule has 0 radical (unpaired) electrons. The zero-order valence-electron chi connectivity index (χ0n) is 14.3. The van der Waals surface area contributed by atoms with Crippen LogP contribution in [-0.4, -0.2) is 36.4 Å². The molecule has 6 heteroatoms. The van der Waals surface area contributed by atoms with Gasteiger partial charge in [0, 0.05) is 23.2 Å². The average Bonchev–Trinajstić information content (AvgIpc) is 2.63. The molecular formula is C19H21BrN2O3. The van der Waals surface area contributed by atoms with Gasteiger partial charge in [0.15, 0.2) is 6.61 Å². The molecule has 0 saturated heterocycles. The summed E-state index contributed by atoms with van der Waals surface area (Å²) in [6, 6.07) is 14.2. The summed E-state index contributed by atoms with van der Waals surface area (Å²) >= 11 is 3.34. The van der Waals surface area contributed by atoms with E-state index in [4.69, 9.17) is 4.74 Å². The van der Waals surface area contributed by atoms with Crippen LogP contribution in [-0.2, 0) is 4.79 Å². The quantitative estimate of drug-likeness (QED) is 0.759. The fourth-order valence-electron chi connectivity index (χ4n) is 2.32. The van der Waals surface area contributed by atoms with Crippen LogP contribution >= 0.6 is 15.9 Å². The Morgan fingerprint density at radius 3 is 2.32 bits per heavy atom. The fourth-order valence-corrected chi connectivity index (χ4v) is 2.59. The molecule has 0 bridgehead atoms. The lowest BCUT2D eigenvalue weighted by Gasteiger charge is -2.20. The van der Waals surface area contributed by atoms with E-state index in [1.807, 2.05) is 26.0 Å². The number of hydrogen-bond acceptors (Lipinski definition) is 3. The molecule has 0 aliphatic rings. The Balaban J connectivity index is 2.02. The summed E-state index contributed by atoms with van der Waals surface area (Å²) in [6.07, 6.45) is 0. The van der Waals surface area contributed by atoms with Gasteiger partial charge in [0.1, 0.15) is 5.75 Å². The second kappa shape index (κ2) is 9.22. The van der Waals surface area contributed by atoms with Crippen molar-refractivity contribution in [2.24, 2.45) is 0 Å². The van der Waals surface area contributed by atoms with Crippen LogP contribution in [0.4, 0.5) is 5.69 Å². The summed E-state index contributed by atoms with van der Waals surface area (Å²) in [5.41, 5.74) is 1.15. The highest BCUT2D eigenvalue weighted by molar-refractivity contribution is 9.10. The van der Waals surface area contributed by atoms with E-state index >= 15 is 0 Å². The molecule has 1 N–H and O–H groups in total. The Bertz CT molecular complexity index is 728. The number of hydrogen-bond donors (Lipinski definition) is 1. The molecule has 2 aromatic carbocycles. The van der Waals surface area contributed by atoms with Crippen molar-refractivity contribution < 1.29 is 14.3 Å². The summed E-state index contributed by atoms with van der Waals surface area (Å²) in [4.78, 5) is 26.3. The van der Waals surface area contributed by atoms with Crippen LogP contribution in [0.2, 0.25) is 0 Å². The molecule has 0 fully saturated rings. The van der Waals surface area contributed by atoms with Crippen molar-refractivity contribution in [2.75, 3.05) is 25.0 Å². The highest BCUT2D eigenvalue weighted by atomic mass is 79.9. The van der Waals surface area contributed by atoms with Gasteiger partial charge < -0.3 is 15.0 Å². The van der Waals surface area contributed by atoms with E-state index in [0.717, 1.165) is 4.47 Å². The van der Waals surface area contributed by atoms with Crippen molar-refractivity contribution in [1.29, 1.82) is 0 Å². The Labute approximate surface area is 156 Å². The van der Waals surface area contributed by atoms with Crippen LogP contribution in [0.5, 0.6) is 5.75 Å². The maximum Gasteiger partial charge on any atom is 0.262 e. The van der Waals surface area contributed by atoms with E-state index in [1.54, 1.807) is 41.3 Å². The van der Waals surface area contributed by atoms with E-state index in [-0.39, 0.29) is 18.4 Å². The lowest BCUT2D eigenvalue weighted by molar-refractivity contribution is -0.118. The highest BCUT2D eigenvalue weighted by Crippen LogP contribution is 2.20. The number of ether oxygens (including phenoxy) is 1. The zero-order valence-corrected chi connectivity index (χ0v) is 15.9. The van der Waals surface area contributed by atoms with Crippen molar-refractivity contribution in [3.05, 3.63) is 58.6 Å². The number of nitrogens with zero attached hydrogens (tertiary/aromatic N) is 1. The van der Waals surface area contributed by atoms with Crippen LogP contribution in [0.3, 0.4) is 0 Å². The van der Waals surface area contributed by atoms with Gasteiger partial charge in [-0.25, -0.2) is 0 Å². The van der Waals surface area contributed by atoms with Crippen molar-refractivity contribution in [3.8, 4) is 5.75 Å². The van der Waals surface area contributed by atoms with Gasteiger partial charge in [-0.3, -0.25) is 9.59 Å². The molecular weight excluding hydrogens is 384 g/mol. The van der Waals surface area contributed by atoms with Gasteiger partial charge in [0.05, 0.1) is 5.56 Å². The Morgan fingerprint density at radius 1 is 1.04 bits per heavy atom. The summed E-state index contributed by atoms with van der Waals surface area (Å²) in [7, 11) is 0. The number of rotatable bonds is 7. The second-order valence-electron chi connectivity index (χ2n) is 5.32. The number of benzene rings is 2. The number of nitrogens with one attached hydrogen (secondary N) is 1. The monoisotopic (exact) mass is 404 g/mol. The van der Waals surface area contributed by atoms with E-state index in [2.05, 4.69) is 21.2 Å². The van der Waals surface area contributed by atoms with E-state index < -0.39 is 0 Å². The lowest BCUT2D eigenvalue weighted by Crippen LogP contribution is -2.31. The minimum Gasteiger partial charge on any atom is -0.483 e. The number of carbonyl (C=O) groups is 2. The topological polar surface area (TPSA) is 58.6 Å². The Morgan fingerprint density at radius 2 is 1.68 bits per heavy atom. The van der Waals surface area contributed by atoms with Crippen LogP contribution in [0.15, 0.2) is 53.0 Å². The van der Waals surface area contributed by atoms with E-state index in [9.17, 15) is 9.59 Å². The third-order valence-corrected chi connectivity index (χ3v) is 4.18. The molecule has 25 heavy (non-hydrogen) atoms. The minimum absolute atomic E-state index is 0.103. The van der Waals surface area contributed by atoms with Crippen LogP contribution in [0, 0.1) is 0 Å². The largest absolute Gasteiger partial charge is 0.483 e. The maximum atomic E-state index is 12.5. The standard InChI is InChI=1S/C19H21BrN2O3/c1-3-22(4-2)19(24)16-7-5-6-8-17(16)25-13-18(23)21-15-11-9-14(20)10-12-15/h5-12H,3-4,13H2,1-2H3,(H,21,23). The van der Waals surface area contributed by atoms with Crippen molar-refractivity contribution >= 4 is 33.4 Å². The minimum atomic E-state index is -0.285. The van der Waals surface area contributed by atoms with Crippen LogP contribution < -0.4 is 10.1 Å². The molecule has 0 aliphatic carbocycles. The number of amides is 2. The van der Waals surface area contributed by atoms with Gasteiger partial charge in [-0.1, -0.05) is 28.1 Å². The lowest BCUT2D eigenvalue weighted by atomic mass is 10.1. The van der Waals surface area contributed by atoms with Crippen LogP contribution in [0.25, 0.3) is 0 Å². The first-order valence-electron chi connectivity index (χ1n) is 8.11. The smallest absolute Gasteiger partial charge is 0.262 e. The Kier molecular flexibility index (Phi) is 7.01. The average molecular weight is 405 g/mol. The second-order valence-corrected chi connectivity index (χ2v) is 6.23. The zero-order chi connectivity index (χ0) is 18.2. The molecule has 5 nitrogen and oxygen atoms in total. The number of para-hydroxylation sites is 1. The molecule has 0 heterocycles. The molecule has 2 aromatic rings.